The molecule has 3 aromatic rings. The van der Waals surface area contributed by atoms with Crippen LogP contribution in [0.4, 0.5) is 10.2 Å². The van der Waals surface area contributed by atoms with Gasteiger partial charge < -0.3 is 29.8 Å². The number of nitrogens with zero attached hydrogens (tertiary/aromatic N) is 5. The zero-order chi connectivity index (χ0) is 31.5. The molecule has 2 aromatic heterocycles. The number of benzene rings is 1. The Labute approximate surface area is 262 Å². The van der Waals surface area contributed by atoms with Crippen molar-refractivity contribution < 1.29 is 33.1 Å². The largest absolute Gasteiger partial charge is 0.363 e. The van der Waals surface area contributed by atoms with E-state index in [4.69, 9.17) is 0 Å². The van der Waals surface area contributed by atoms with Crippen molar-refractivity contribution in [3.05, 3.63) is 52.8 Å². The predicted octanol–water partition coefficient (Wildman–Crippen LogP) is 3.32. The van der Waals surface area contributed by atoms with Crippen molar-refractivity contribution >= 4 is 52.6 Å². The monoisotopic (exact) mass is 656 g/mol. The fraction of sp³-hybridized carbons (Fsp3) is 0.500. The molecule has 238 valence electrons. The highest BCUT2D eigenvalue weighted by Gasteiger charge is 2.48. The number of likely N-dealkylation sites (tertiary alicyclic amines) is 1. The Balaban J connectivity index is 1.02. The average molecular weight is 657 g/mol. The molecule has 4 aliphatic heterocycles. The zero-order valence-corrected chi connectivity index (χ0v) is 26.1. The van der Waals surface area contributed by atoms with Gasteiger partial charge in [-0.05, 0) is 67.7 Å². The molecule has 15 heteroatoms. The van der Waals surface area contributed by atoms with Crippen molar-refractivity contribution in [2.45, 2.75) is 68.5 Å². The average Bonchev–Trinajstić information content (AvgIpc) is 3.55. The highest BCUT2D eigenvalue weighted by atomic mass is 32.1. The molecule has 4 atom stereocenters. The van der Waals surface area contributed by atoms with Crippen LogP contribution >= 0.6 is 18.9 Å². The van der Waals surface area contributed by atoms with Gasteiger partial charge in [0.05, 0.1) is 4.88 Å². The van der Waals surface area contributed by atoms with Crippen molar-refractivity contribution in [2.24, 2.45) is 0 Å². The van der Waals surface area contributed by atoms with Crippen LogP contribution in [0, 0.1) is 0 Å². The first-order valence-corrected chi connectivity index (χ1v) is 17.8. The SMILES string of the molecule is O=C(N[C@H]1CCC[C@H]2CC[C@@H](C(=O)N3CC(c4cncnc4N4CCC4)C3)N2C1=O)c1cc2cc([C@@H](F)P(=O)(O)O)ccc2s1. The number of nitrogens with one attached hydrogen (secondary N) is 1. The third-order valence-electron chi connectivity index (χ3n) is 9.52. The van der Waals surface area contributed by atoms with Gasteiger partial charge in [-0.2, -0.15) is 0 Å². The standard InChI is InChI=1S/C30H34FN6O6PS/c31-26(44(41,42)43)17-5-8-24-18(11-17)12-25(45-24)28(38)34-22-4-1-3-20-6-7-23(37(20)29(22)39)30(40)36-14-19(15-36)21-13-32-16-33-27(21)35-9-2-10-35/h5,8,11-13,16,19-20,22-23,26H,1-4,6-7,9-10,14-15H2,(H,34,38)(H2,41,42,43)/t20-,22-,23-,26-/m0/s1. The lowest BCUT2D eigenvalue weighted by molar-refractivity contribution is -0.148. The molecule has 12 nitrogen and oxygen atoms in total. The van der Waals surface area contributed by atoms with Gasteiger partial charge in [0.25, 0.3) is 5.91 Å². The summed E-state index contributed by atoms with van der Waals surface area (Å²) in [5.74, 6) is -2.12. The number of halogens is 1. The van der Waals surface area contributed by atoms with Crippen molar-refractivity contribution in [2.75, 3.05) is 31.1 Å². The Kier molecular flexibility index (Phi) is 7.87. The van der Waals surface area contributed by atoms with Crippen LogP contribution in [-0.4, -0.2) is 91.6 Å². The molecule has 0 saturated carbocycles. The van der Waals surface area contributed by atoms with Crippen molar-refractivity contribution in [3.8, 4) is 0 Å². The number of aromatic nitrogens is 2. The van der Waals surface area contributed by atoms with Crippen LogP contribution in [0.1, 0.15) is 71.2 Å². The van der Waals surface area contributed by atoms with Crippen LogP contribution in [0.25, 0.3) is 10.1 Å². The van der Waals surface area contributed by atoms with E-state index in [1.165, 1.54) is 24.3 Å². The van der Waals surface area contributed by atoms with E-state index in [1.807, 2.05) is 11.1 Å². The number of carbonyl (C=O) groups is 3. The van der Waals surface area contributed by atoms with Crippen LogP contribution in [0.5, 0.6) is 0 Å². The van der Waals surface area contributed by atoms with E-state index < -0.39 is 31.5 Å². The molecule has 4 saturated heterocycles. The van der Waals surface area contributed by atoms with E-state index >= 15 is 0 Å². The molecular formula is C30H34FN6O6PS. The lowest BCUT2D eigenvalue weighted by Crippen LogP contribution is -2.58. The number of rotatable bonds is 7. The first-order chi connectivity index (χ1) is 21.6. The minimum Gasteiger partial charge on any atom is -0.356 e. The maximum Gasteiger partial charge on any atom is 0.363 e. The Morgan fingerprint density at radius 2 is 1.89 bits per heavy atom. The maximum absolute atomic E-state index is 14.2. The van der Waals surface area contributed by atoms with E-state index in [9.17, 15) is 33.1 Å². The van der Waals surface area contributed by atoms with Gasteiger partial charge in [0, 0.05) is 54.6 Å². The van der Waals surface area contributed by atoms with Gasteiger partial charge in [0.1, 0.15) is 24.2 Å². The number of hydrogen-bond donors (Lipinski definition) is 3. The smallest absolute Gasteiger partial charge is 0.356 e. The van der Waals surface area contributed by atoms with Crippen LogP contribution in [-0.2, 0) is 14.2 Å². The summed E-state index contributed by atoms with van der Waals surface area (Å²) in [6, 6.07) is 4.28. The molecule has 4 fully saturated rings. The van der Waals surface area contributed by atoms with E-state index in [0.717, 1.165) is 61.5 Å². The van der Waals surface area contributed by atoms with Crippen LogP contribution in [0.15, 0.2) is 36.8 Å². The van der Waals surface area contributed by atoms with Gasteiger partial charge in [-0.25, -0.2) is 14.4 Å². The van der Waals surface area contributed by atoms with Crippen LogP contribution in [0.2, 0.25) is 0 Å². The zero-order valence-electron chi connectivity index (χ0n) is 24.4. The van der Waals surface area contributed by atoms with Gasteiger partial charge >= 0.3 is 7.60 Å². The number of carbonyl (C=O) groups excluding carboxylic acids is 3. The van der Waals surface area contributed by atoms with E-state index in [-0.39, 0.29) is 29.3 Å². The summed E-state index contributed by atoms with van der Waals surface area (Å²) < 4.78 is 26.3. The van der Waals surface area contributed by atoms with Crippen LogP contribution < -0.4 is 10.2 Å². The van der Waals surface area contributed by atoms with Crippen LogP contribution in [0.3, 0.4) is 0 Å². The molecule has 7 rings (SSSR count). The third-order valence-corrected chi connectivity index (χ3v) is 11.5. The second-order valence-corrected chi connectivity index (χ2v) is 15.1. The molecule has 0 radical (unpaired) electrons. The second kappa shape index (κ2) is 11.7. The highest BCUT2D eigenvalue weighted by molar-refractivity contribution is 7.51. The molecule has 0 bridgehead atoms. The molecular weight excluding hydrogens is 622 g/mol. The molecule has 6 heterocycles. The third kappa shape index (κ3) is 5.62. The molecule has 3 amide bonds. The molecule has 1 aromatic carbocycles. The van der Waals surface area contributed by atoms with Crippen molar-refractivity contribution in [3.63, 3.8) is 0 Å². The van der Waals surface area contributed by atoms with Crippen molar-refractivity contribution in [1.82, 2.24) is 25.1 Å². The van der Waals surface area contributed by atoms with Gasteiger partial charge in [-0.15, -0.1) is 11.3 Å². The fourth-order valence-electron chi connectivity index (χ4n) is 6.96. The molecule has 0 spiro atoms. The number of amides is 3. The number of fused-ring (bicyclic) bond motifs is 2. The summed E-state index contributed by atoms with van der Waals surface area (Å²) in [5, 5.41) is 3.35. The van der Waals surface area contributed by atoms with Gasteiger partial charge in [0.2, 0.25) is 17.7 Å². The lowest BCUT2D eigenvalue weighted by Gasteiger charge is -2.44. The summed E-state index contributed by atoms with van der Waals surface area (Å²) in [5.41, 5.74) is 0.889. The van der Waals surface area contributed by atoms with E-state index in [0.29, 0.717) is 40.9 Å². The molecule has 0 unspecified atom stereocenters. The van der Waals surface area contributed by atoms with Gasteiger partial charge in [-0.3, -0.25) is 18.9 Å². The number of anilines is 1. The number of thiophene rings is 1. The lowest BCUT2D eigenvalue weighted by atomic mass is 9.91. The Hall–Kier alpha value is -3.45. The molecule has 45 heavy (non-hydrogen) atoms. The maximum atomic E-state index is 14.2. The second-order valence-electron chi connectivity index (χ2n) is 12.4. The first kappa shape index (κ1) is 30.2. The highest BCUT2D eigenvalue weighted by Crippen LogP contribution is 2.53. The first-order valence-electron chi connectivity index (χ1n) is 15.3. The minimum absolute atomic E-state index is 0.0450. The molecule has 4 aliphatic rings. The summed E-state index contributed by atoms with van der Waals surface area (Å²) in [6.07, 6.45) is 7.83. The summed E-state index contributed by atoms with van der Waals surface area (Å²) in [4.78, 5) is 74.1. The Morgan fingerprint density at radius 1 is 1.09 bits per heavy atom. The topological polar surface area (TPSA) is 156 Å². The number of alkyl halides is 1. The normalized spacial score (nSPS) is 24.6. The fourth-order valence-corrected chi connectivity index (χ4v) is 8.46. The summed E-state index contributed by atoms with van der Waals surface area (Å²) >= 11 is 1.15. The van der Waals surface area contributed by atoms with Gasteiger partial charge in [0.15, 0.2) is 0 Å². The van der Waals surface area contributed by atoms with Crippen molar-refractivity contribution in [1.29, 1.82) is 0 Å². The molecule has 3 N–H and O–H groups in total. The van der Waals surface area contributed by atoms with E-state index in [2.05, 4.69) is 20.2 Å². The Morgan fingerprint density at radius 3 is 2.62 bits per heavy atom. The molecule has 0 aliphatic carbocycles. The predicted molar refractivity (Wildman–Crippen MR) is 165 cm³/mol. The minimum atomic E-state index is -4.97. The van der Waals surface area contributed by atoms with Gasteiger partial charge in [-0.1, -0.05) is 6.07 Å². The van der Waals surface area contributed by atoms with E-state index in [1.54, 1.807) is 11.2 Å². The number of hydrogen-bond acceptors (Lipinski definition) is 8. The Bertz CT molecular complexity index is 1710. The summed E-state index contributed by atoms with van der Waals surface area (Å²) in [6.45, 7) is 3.06. The quantitative estimate of drug-likeness (QED) is 0.325. The summed E-state index contributed by atoms with van der Waals surface area (Å²) in [7, 11) is -4.97.